The van der Waals surface area contributed by atoms with Crippen molar-refractivity contribution in [1.82, 2.24) is 4.90 Å². The van der Waals surface area contributed by atoms with Crippen molar-refractivity contribution in [2.45, 2.75) is 45.1 Å². The quantitative estimate of drug-likeness (QED) is 0.865. The molecule has 1 aliphatic carbocycles. The molecule has 1 spiro atoms. The van der Waals surface area contributed by atoms with Crippen molar-refractivity contribution < 1.29 is 4.39 Å². The number of nitrogens with zero attached hydrogens (tertiary/aromatic N) is 1. The molecule has 4 heteroatoms. The van der Waals surface area contributed by atoms with Crippen LogP contribution in [-0.4, -0.2) is 23.0 Å². The Kier molecular flexibility index (Phi) is 4.27. The molecule has 2 nitrogen and oxygen atoms in total. The molecule has 21 heavy (non-hydrogen) atoms. The standard InChI is InChI=1S/C17H23FN2S/c18-15-10-13(9-14(11-15)16(19)21)12-20-7-5-17(6-8-20)3-1-2-4-17/h9-11H,1-8,12H2,(H2,19,21). The van der Waals surface area contributed by atoms with E-state index in [4.69, 9.17) is 18.0 Å². The van der Waals surface area contributed by atoms with Crippen LogP contribution in [-0.2, 0) is 6.54 Å². The lowest BCUT2D eigenvalue weighted by molar-refractivity contribution is 0.103. The number of hydrogen-bond acceptors (Lipinski definition) is 2. The fourth-order valence-corrected chi connectivity index (χ4v) is 4.07. The van der Waals surface area contributed by atoms with Gasteiger partial charge in [0.2, 0.25) is 0 Å². The van der Waals surface area contributed by atoms with Gasteiger partial charge < -0.3 is 5.73 Å². The first-order valence-electron chi connectivity index (χ1n) is 7.88. The van der Waals surface area contributed by atoms with E-state index in [9.17, 15) is 4.39 Å². The number of halogens is 1. The third kappa shape index (κ3) is 3.43. The van der Waals surface area contributed by atoms with E-state index < -0.39 is 0 Å². The van der Waals surface area contributed by atoms with Gasteiger partial charge in [-0.15, -0.1) is 0 Å². The van der Waals surface area contributed by atoms with Gasteiger partial charge in [-0.05, 0) is 68.0 Å². The minimum atomic E-state index is -0.250. The number of piperidine rings is 1. The van der Waals surface area contributed by atoms with Crippen LogP contribution >= 0.6 is 12.2 Å². The molecule has 1 aromatic carbocycles. The zero-order valence-corrected chi connectivity index (χ0v) is 13.2. The van der Waals surface area contributed by atoms with Crippen LogP contribution in [0.1, 0.15) is 49.7 Å². The molecule has 1 saturated carbocycles. The number of hydrogen-bond donors (Lipinski definition) is 1. The molecule has 1 saturated heterocycles. The smallest absolute Gasteiger partial charge is 0.124 e. The highest BCUT2D eigenvalue weighted by atomic mass is 32.1. The lowest BCUT2D eigenvalue weighted by Gasteiger charge is -2.39. The van der Waals surface area contributed by atoms with E-state index >= 15 is 0 Å². The molecule has 1 heterocycles. The maximum atomic E-state index is 13.6. The summed E-state index contributed by atoms with van der Waals surface area (Å²) in [6, 6.07) is 4.93. The van der Waals surface area contributed by atoms with E-state index in [1.54, 1.807) is 6.07 Å². The second-order valence-electron chi connectivity index (χ2n) is 6.70. The molecule has 2 fully saturated rings. The van der Waals surface area contributed by atoms with Crippen molar-refractivity contribution >= 4 is 17.2 Å². The maximum absolute atomic E-state index is 13.6. The van der Waals surface area contributed by atoms with Crippen molar-refractivity contribution in [1.29, 1.82) is 0 Å². The van der Waals surface area contributed by atoms with E-state index in [0.717, 1.165) is 25.2 Å². The predicted octanol–water partition coefficient (Wildman–Crippen LogP) is 3.62. The van der Waals surface area contributed by atoms with E-state index in [1.165, 1.54) is 44.6 Å². The van der Waals surface area contributed by atoms with E-state index in [0.29, 0.717) is 11.0 Å². The summed E-state index contributed by atoms with van der Waals surface area (Å²) < 4.78 is 13.6. The molecule has 0 radical (unpaired) electrons. The van der Waals surface area contributed by atoms with Gasteiger partial charge in [-0.3, -0.25) is 4.90 Å². The fourth-order valence-electron chi connectivity index (χ4n) is 3.95. The minimum absolute atomic E-state index is 0.250. The second kappa shape index (κ2) is 6.01. The van der Waals surface area contributed by atoms with Gasteiger partial charge in [-0.1, -0.05) is 25.1 Å². The third-order valence-electron chi connectivity index (χ3n) is 5.23. The van der Waals surface area contributed by atoms with Crippen LogP contribution in [0.15, 0.2) is 18.2 Å². The maximum Gasteiger partial charge on any atom is 0.124 e. The molecule has 0 amide bonds. The summed E-state index contributed by atoms with van der Waals surface area (Å²) >= 11 is 4.95. The van der Waals surface area contributed by atoms with Crippen LogP contribution in [0.4, 0.5) is 4.39 Å². The Hall–Kier alpha value is -1.00. The molecule has 3 rings (SSSR count). The molecule has 1 aromatic rings. The first-order valence-corrected chi connectivity index (χ1v) is 8.29. The monoisotopic (exact) mass is 306 g/mol. The van der Waals surface area contributed by atoms with Gasteiger partial charge >= 0.3 is 0 Å². The molecule has 0 atom stereocenters. The van der Waals surface area contributed by atoms with Gasteiger partial charge in [0, 0.05) is 12.1 Å². The van der Waals surface area contributed by atoms with Gasteiger partial charge in [-0.2, -0.15) is 0 Å². The summed E-state index contributed by atoms with van der Waals surface area (Å²) in [5, 5.41) is 0. The third-order valence-corrected chi connectivity index (χ3v) is 5.46. The number of rotatable bonds is 3. The Bertz CT molecular complexity index is 528. The predicted molar refractivity (Wildman–Crippen MR) is 87.7 cm³/mol. The normalized spacial score (nSPS) is 21.8. The van der Waals surface area contributed by atoms with Crippen LogP contribution in [0.5, 0.6) is 0 Å². The number of benzene rings is 1. The molecular weight excluding hydrogens is 283 g/mol. The molecule has 1 aliphatic heterocycles. The lowest BCUT2D eigenvalue weighted by Crippen LogP contribution is -2.38. The van der Waals surface area contributed by atoms with E-state index in [2.05, 4.69) is 4.90 Å². The summed E-state index contributed by atoms with van der Waals surface area (Å²) in [5.41, 5.74) is 7.84. The highest BCUT2D eigenvalue weighted by Gasteiger charge is 2.36. The van der Waals surface area contributed by atoms with Crippen LogP contribution in [0.3, 0.4) is 0 Å². The van der Waals surface area contributed by atoms with Crippen molar-refractivity contribution in [2.24, 2.45) is 11.1 Å². The molecule has 0 unspecified atom stereocenters. The van der Waals surface area contributed by atoms with Crippen molar-refractivity contribution in [3.05, 3.63) is 35.1 Å². The van der Waals surface area contributed by atoms with Crippen molar-refractivity contribution in [3.63, 3.8) is 0 Å². The van der Waals surface area contributed by atoms with Crippen molar-refractivity contribution in [3.8, 4) is 0 Å². The highest BCUT2D eigenvalue weighted by molar-refractivity contribution is 7.80. The number of nitrogens with two attached hydrogens (primary N) is 1. The van der Waals surface area contributed by atoms with Gasteiger partial charge in [0.05, 0.1) is 0 Å². The first-order chi connectivity index (χ1) is 10.1. The number of likely N-dealkylation sites (tertiary alicyclic amines) is 1. The second-order valence-corrected chi connectivity index (χ2v) is 7.14. The average Bonchev–Trinajstić information content (AvgIpc) is 2.89. The van der Waals surface area contributed by atoms with Gasteiger partial charge in [0.1, 0.15) is 10.8 Å². The minimum Gasteiger partial charge on any atom is -0.389 e. The molecule has 114 valence electrons. The SMILES string of the molecule is NC(=S)c1cc(F)cc(CN2CCC3(CCCC3)CC2)c1. The van der Waals surface area contributed by atoms with Crippen LogP contribution in [0.2, 0.25) is 0 Å². The van der Waals surface area contributed by atoms with Crippen LogP contribution in [0, 0.1) is 11.2 Å². The fraction of sp³-hybridized carbons (Fsp3) is 0.588. The highest BCUT2D eigenvalue weighted by Crippen LogP contribution is 2.46. The topological polar surface area (TPSA) is 29.3 Å². The molecular formula is C17H23FN2S. The van der Waals surface area contributed by atoms with Gasteiger partial charge in [0.15, 0.2) is 0 Å². The zero-order valence-electron chi connectivity index (χ0n) is 12.4. The lowest BCUT2D eigenvalue weighted by atomic mass is 9.77. The summed E-state index contributed by atoms with van der Waals surface area (Å²) in [4.78, 5) is 2.70. The van der Waals surface area contributed by atoms with Gasteiger partial charge in [0.25, 0.3) is 0 Å². The first kappa shape index (κ1) is 14.9. The number of thiocarbonyl (C=S) groups is 1. The summed E-state index contributed by atoms with van der Waals surface area (Å²) in [6.45, 7) is 3.04. The Morgan fingerprint density at radius 2 is 1.81 bits per heavy atom. The van der Waals surface area contributed by atoms with E-state index in [-0.39, 0.29) is 10.8 Å². The van der Waals surface area contributed by atoms with Crippen LogP contribution in [0.25, 0.3) is 0 Å². The Morgan fingerprint density at radius 3 is 2.43 bits per heavy atom. The van der Waals surface area contributed by atoms with Gasteiger partial charge in [-0.25, -0.2) is 4.39 Å². The van der Waals surface area contributed by atoms with Crippen LogP contribution < -0.4 is 5.73 Å². The molecule has 0 aromatic heterocycles. The Labute approximate surface area is 131 Å². The largest absolute Gasteiger partial charge is 0.389 e. The molecule has 0 bridgehead atoms. The summed E-state index contributed by atoms with van der Waals surface area (Å²) in [5.74, 6) is -0.250. The average molecular weight is 306 g/mol. The van der Waals surface area contributed by atoms with Crippen molar-refractivity contribution in [2.75, 3.05) is 13.1 Å². The summed E-state index contributed by atoms with van der Waals surface area (Å²) in [6.07, 6.45) is 8.22. The zero-order chi connectivity index (χ0) is 14.9. The molecule has 2 N–H and O–H groups in total. The Morgan fingerprint density at radius 1 is 1.14 bits per heavy atom. The molecule has 2 aliphatic rings. The Balaban J connectivity index is 1.64. The summed E-state index contributed by atoms with van der Waals surface area (Å²) in [7, 11) is 0. The van der Waals surface area contributed by atoms with E-state index in [1.807, 2.05) is 6.07 Å².